The van der Waals surface area contributed by atoms with Gasteiger partial charge in [0.2, 0.25) is 5.91 Å². The van der Waals surface area contributed by atoms with Crippen molar-refractivity contribution in [3.05, 3.63) is 64.6 Å². The first-order chi connectivity index (χ1) is 13.5. The predicted molar refractivity (Wildman–Crippen MR) is 106 cm³/mol. The molecule has 28 heavy (non-hydrogen) atoms. The Morgan fingerprint density at radius 2 is 2.07 bits per heavy atom. The first-order valence-corrected chi connectivity index (χ1v) is 9.62. The normalized spacial score (nSPS) is 18.8. The maximum absolute atomic E-state index is 12.8. The summed E-state index contributed by atoms with van der Waals surface area (Å²) in [6, 6.07) is 9.94. The van der Waals surface area contributed by atoms with Crippen molar-refractivity contribution in [1.29, 1.82) is 0 Å². The van der Waals surface area contributed by atoms with Gasteiger partial charge in [0, 0.05) is 29.2 Å². The van der Waals surface area contributed by atoms with Crippen LogP contribution >= 0.6 is 23.2 Å². The molecule has 1 amide bonds. The molecule has 144 valence electrons. The number of amides is 1. The van der Waals surface area contributed by atoms with Gasteiger partial charge in [-0.3, -0.25) is 4.79 Å². The quantitative estimate of drug-likeness (QED) is 0.402. The van der Waals surface area contributed by atoms with E-state index in [1.165, 1.54) is 12.0 Å². The molecule has 2 atom stereocenters. The molecule has 6 nitrogen and oxygen atoms in total. The summed E-state index contributed by atoms with van der Waals surface area (Å²) in [6.07, 6.45) is 1.95. The Hall–Kier alpha value is -2.57. The van der Waals surface area contributed by atoms with Gasteiger partial charge in [0.05, 0.1) is 13.2 Å². The largest absolute Gasteiger partial charge is 0.467 e. The van der Waals surface area contributed by atoms with Gasteiger partial charge in [-0.05, 0) is 23.3 Å². The average molecular weight is 418 g/mol. The van der Waals surface area contributed by atoms with Crippen LogP contribution in [0.2, 0.25) is 5.15 Å². The molecule has 0 spiro atoms. The first kappa shape index (κ1) is 18.8. The summed E-state index contributed by atoms with van der Waals surface area (Å²) in [5.74, 6) is -1.09. The Balaban J connectivity index is 1.98. The lowest BCUT2D eigenvalue weighted by Crippen LogP contribution is -2.52. The topological polar surface area (TPSA) is 75.3 Å². The molecule has 3 aromatic rings. The number of halogens is 2. The summed E-state index contributed by atoms with van der Waals surface area (Å²) in [6.45, 7) is 0. The molecule has 0 saturated heterocycles. The molecule has 2 aromatic heterocycles. The van der Waals surface area contributed by atoms with Gasteiger partial charge < -0.3 is 14.6 Å². The SMILES string of the molecule is COC(=O)[C@H]1Cc2c([nH]c3ccccc23)[C@H](c2ccc(Cl)nc2)N1C(=O)CCl. The molecule has 1 N–H and O–H groups in total. The Bertz CT molecular complexity index is 1050. The van der Waals surface area contributed by atoms with E-state index < -0.39 is 18.1 Å². The minimum atomic E-state index is -0.788. The van der Waals surface area contributed by atoms with Gasteiger partial charge in [-0.15, -0.1) is 11.6 Å². The van der Waals surface area contributed by atoms with E-state index in [0.29, 0.717) is 11.6 Å². The molecule has 1 aromatic carbocycles. The summed E-state index contributed by atoms with van der Waals surface area (Å²) in [7, 11) is 1.31. The van der Waals surface area contributed by atoms with E-state index in [4.69, 9.17) is 27.9 Å². The van der Waals surface area contributed by atoms with Gasteiger partial charge in [-0.1, -0.05) is 35.9 Å². The summed E-state index contributed by atoms with van der Waals surface area (Å²) >= 11 is 11.8. The minimum absolute atomic E-state index is 0.249. The number of carbonyl (C=O) groups is 2. The van der Waals surface area contributed by atoms with Crippen LogP contribution in [-0.4, -0.2) is 45.8 Å². The Morgan fingerprint density at radius 1 is 1.29 bits per heavy atom. The van der Waals surface area contributed by atoms with Crippen molar-refractivity contribution in [1.82, 2.24) is 14.9 Å². The Kier molecular flexibility index (Phi) is 5.00. The van der Waals surface area contributed by atoms with Crippen molar-refractivity contribution in [2.75, 3.05) is 13.0 Å². The maximum atomic E-state index is 12.8. The number of esters is 1. The number of pyridine rings is 1. The number of ether oxygens (including phenoxy) is 1. The highest BCUT2D eigenvalue weighted by Gasteiger charge is 2.43. The number of aromatic amines is 1. The van der Waals surface area contributed by atoms with E-state index >= 15 is 0 Å². The van der Waals surface area contributed by atoms with Crippen LogP contribution in [0.25, 0.3) is 10.9 Å². The number of para-hydroxylation sites is 1. The second-order valence-corrected chi connectivity index (χ2v) is 7.21. The number of alkyl halides is 1. The highest BCUT2D eigenvalue weighted by molar-refractivity contribution is 6.29. The number of rotatable bonds is 3. The third-order valence-electron chi connectivity index (χ3n) is 5.07. The molecule has 3 heterocycles. The highest BCUT2D eigenvalue weighted by atomic mass is 35.5. The predicted octanol–water partition coefficient (Wildman–Crippen LogP) is 3.47. The van der Waals surface area contributed by atoms with Gasteiger partial charge in [-0.2, -0.15) is 0 Å². The van der Waals surface area contributed by atoms with Crippen LogP contribution in [0.1, 0.15) is 22.9 Å². The van der Waals surface area contributed by atoms with Gasteiger partial charge in [-0.25, -0.2) is 9.78 Å². The van der Waals surface area contributed by atoms with Crippen LogP contribution in [0.5, 0.6) is 0 Å². The van der Waals surface area contributed by atoms with E-state index in [1.807, 2.05) is 24.3 Å². The second kappa shape index (κ2) is 7.45. The van der Waals surface area contributed by atoms with Crippen LogP contribution < -0.4 is 0 Å². The average Bonchev–Trinajstić information content (AvgIpc) is 3.10. The number of hydrogen-bond donors (Lipinski definition) is 1. The number of aromatic nitrogens is 2. The number of fused-ring (bicyclic) bond motifs is 3. The second-order valence-electron chi connectivity index (χ2n) is 6.56. The van der Waals surface area contributed by atoms with Gasteiger partial charge >= 0.3 is 5.97 Å². The summed E-state index contributed by atoms with van der Waals surface area (Å²) in [5.41, 5.74) is 3.47. The van der Waals surface area contributed by atoms with Gasteiger partial charge in [0.25, 0.3) is 0 Å². The fraction of sp³-hybridized carbons (Fsp3) is 0.250. The van der Waals surface area contributed by atoms with Crippen LogP contribution in [0, 0.1) is 0 Å². The number of methoxy groups -OCH3 is 1. The zero-order chi connectivity index (χ0) is 19.8. The van der Waals surface area contributed by atoms with E-state index in [2.05, 4.69) is 9.97 Å². The van der Waals surface area contributed by atoms with Crippen LogP contribution in [-0.2, 0) is 20.7 Å². The number of nitrogens with one attached hydrogen (secondary N) is 1. The fourth-order valence-corrected chi connectivity index (χ4v) is 4.13. The number of H-pyrrole nitrogens is 1. The smallest absolute Gasteiger partial charge is 0.328 e. The fourth-order valence-electron chi connectivity index (χ4n) is 3.88. The molecule has 0 radical (unpaired) electrons. The van der Waals surface area contributed by atoms with Gasteiger partial charge in [0.15, 0.2) is 0 Å². The zero-order valence-electron chi connectivity index (χ0n) is 15.0. The van der Waals surface area contributed by atoms with Crippen LogP contribution in [0.4, 0.5) is 0 Å². The molecule has 1 aliphatic rings. The van der Waals surface area contributed by atoms with Gasteiger partial charge in [0.1, 0.15) is 17.1 Å². The molecular weight excluding hydrogens is 401 g/mol. The Morgan fingerprint density at radius 3 is 2.75 bits per heavy atom. The van der Waals surface area contributed by atoms with Crippen LogP contribution in [0.3, 0.4) is 0 Å². The van der Waals surface area contributed by atoms with E-state index in [0.717, 1.165) is 27.7 Å². The van der Waals surface area contributed by atoms with Crippen molar-refractivity contribution in [3.63, 3.8) is 0 Å². The zero-order valence-corrected chi connectivity index (χ0v) is 16.5. The van der Waals surface area contributed by atoms with Crippen LogP contribution in [0.15, 0.2) is 42.6 Å². The molecule has 0 aliphatic carbocycles. The summed E-state index contributed by atoms with van der Waals surface area (Å²) in [4.78, 5) is 34.4. The molecule has 8 heteroatoms. The number of nitrogens with zero attached hydrogens (tertiary/aromatic N) is 2. The van der Waals surface area contributed by atoms with Crippen molar-refractivity contribution in [3.8, 4) is 0 Å². The molecule has 0 unspecified atom stereocenters. The van der Waals surface area contributed by atoms with Crippen molar-refractivity contribution < 1.29 is 14.3 Å². The maximum Gasteiger partial charge on any atom is 0.328 e. The lowest BCUT2D eigenvalue weighted by Gasteiger charge is -2.40. The molecular formula is C20H17Cl2N3O3. The number of carbonyl (C=O) groups excluding carboxylic acids is 2. The molecule has 0 saturated carbocycles. The minimum Gasteiger partial charge on any atom is -0.467 e. The summed E-state index contributed by atoms with van der Waals surface area (Å²) in [5, 5.41) is 1.35. The standard InChI is InChI=1S/C20H17Cl2N3O3/c1-28-20(27)15-8-13-12-4-2-3-5-14(12)24-18(13)19(25(15)17(26)9-21)11-6-7-16(22)23-10-11/h2-7,10,15,19,24H,8-9H2,1H3/t15-,19+/m1/s1. The molecule has 4 rings (SSSR count). The molecule has 0 bridgehead atoms. The lowest BCUT2D eigenvalue weighted by atomic mass is 9.88. The highest BCUT2D eigenvalue weighted by Crippen LogP contribution is 2.41. The summed E-state index contributed by atoms with van der Waals surface area (Å²) < 4.78 is 5.00. The third kappa shape index (κ3) is 3.02. The van der Waals surface area contributed by atoms with E-state index in [-0.39, 0.29) is 11.8 Å². The van der Waals surface area contributed by atoms with Crippen molar-refractivity contribution >= 4 is 46.0 Å². The van der Waals surface area contributed by atoms with E-state index in [1.54, 1.807) is 18.3 Å². The third-order valence-corrected chi connectivity index (χ3v) is 5.53. The molecule has 0 fully saturated rings. The lowest BCUT2D eigenvalue weighted by molar-refractivity contribution is -0.154. The Labute approximate surface area is 171 Å². The first-order valence-electron chi connectivity index (χ1n) is 8.71. The van der Waals surface area contributed by atoms with Crippen molar-refractivity contribution in [2.24, 2.45) is 0 Å². The van der Waals surface area contributed by atoms with Crippen molar-refractivity contribution in [2.45, 2.75) is 18.5 Å². The monoisotopic (exact) mass is 417 g/mol. The number of benzene rings is 1. The number of hydrogen-bond acceptors (Lipinski definition) is 4. The molecule has 1 aliphatic heterocycles. The van der Waals surface area contributed by atoms with E-state index in [9.17, 15) is 9.59 Å².